The van der Waals surface area contributed by atoms with E-state index in [4.69, 9.17) is 5.73 Å². The Morgan fingerprint density at radius 1 is 1.25 bits per heavy atom. The lowest BCUT2D eigenvalue weighted by Crippen LogP contribution is -2.39. The van der Waals surface area contributed by atoms with Crippen molar-refractivity contribution >= 4 is 17.6 Å². The number of nitrogens with two attached hydrogens (primary N) is 1. The first kappa shape index (κ1) is 10.6. The Kier molecular flexibility index (Phi) is 2.85. The molecule has 0 atom stereocenters. The SMILES string of the molecule is Nc1cccc(CN2C(=O)CCCC2=O)n1. The molecule has 1 saturated heterocycles. The topological polar surface area (TPSA) is 76.3 Å². The molecule has 0 unspecified atom stereocenters. The van der Waals surface area contributed by atoms with Gasteiger partial charge in [-0.05, 0) is 18.6 Å². The van der Waals surface area contributed by atoms with Crippen molar-refractivity contribution in [1.82, 2.24) is 9.88 Å². The second kappa shape index (κ2) is 4.30. The first-order valence-corrected chi connectivity index (χ1v) is 5.21. The van der Waals surface area contributed by atoms with E-state index in [9.17, 15) is 9.59 Å². The van der Waals surface area contributed by atoms with E-state index in [1.165, 1.54) is 4.90 Å². The van der Waals surface area contributed by atoms with Gasteiger partial charge in [-0.1, -0.05) is 6.07 Å². The summed E-state index contributed by atoms with van der Waals surface area (Å²) in [6, 6.07) is 5.19. The maximum Gasteiger partial charge on any atom is 0.229 e. The van der Waals surface area contributed by atoms with Gasteiger partial charge < -0.3 is 5.73 Å². The molecule has 2 amide bonds. The van der Waals surface area contributed by atoms with E-state index < -0.39 is 0 Å². The van der Waals surface area contributed by atoms with Crippen molar-refractivity contribution in [3.63, 3.8) is 0 Å². The third-order valence-electron chi connectivity index (χ3n) is 2.53. The van der Waals surface area contributed by atoms with Crippen molar-refractivity contribution in [1.29, 1.82) is 0 Å². The molecule has 1 aliphatic rings. The molecule has 1 aliphatic heterocycles. The van der Waals surface area contributed by atoms with E-state index in [1.807, 2.05) is 0 Å². The van der Waals surface area contributed by atoms with Crippen LogP contribution in [0.3, 0.4) is 0 Å². The van der Waals surface area contributed by atoms with Crippen LogP contribution in [-0.4, -0.2) is 21.7 Å². The highest BCUT2D eigenvalue weighted by Crippen LogP contribution is 2.15. The molecular formula is C11H13N3O2. The highest BCUT2D eigenvalue weighted by atomic mass is 16.2. The summed E-state index contributed by atoms with van der Waals surface area (Å²) in [7, 11) is 0. The molecule has 2 rings (SSSR count). The number of carbonyl (C=O) groups excluding carboxylic acids is 2. The van der Waals surface area contributed by atoms with Gasteiger partial charge in [-0.25, -0.2) is 4.98 Å². The number of amides is 2. The Labute approximate surface area is 93.3 Å². The first-order chi connectivity index (χ1) is 7.66. The van der Waals surface area contributed by atoms with Crippen molar-refractivity contribution in [2.75, 3.05) is 5.73 Å². The van der Waals surface area contributed by atoms with Crippen molar-refractivity contribution in [3.8, 4) is 0 Å². The number of hydrogen-bond donors (Lipinski definition) is 1. The molecule has 5 heteroatoms. The Morgan fingerprint density at radius 2 is 1.94 bits per heavy atom. The lowest BCUT2D eigenvalue weighted by molar-refractivity contribution is -0.148. The third-order valence-corrected chi connectivity index (χ3v) is 2.53. The molecule has 0 saturated carbocycles. The highest BCUT2D eigenvalue weighted by Gasteiger charge is 2.25. The number of carbonyl (C=O) groups is 2. The van der Waals surface area contributed by atoms with Gasteiger partial charge in [0.1, 0.15) is 5.82 Å². The van der Waals surface area contributed by atoms with E-state index in [1.54, 1.807) is 18.2 Å². The summed E-state index contributed by atoms with van der Waals surface area (Å²) in [6.07, 6.45) is 1.53. The fourth-order valence-electron chi connectivity index (χ4n) is 1.72. The average molecular weight is 219 g/mol. The van der Waals surface area contributed by atoms with Gasteiger partial charge in [0.2, 0.25) is 11.8 Å². The number of aromatic nitrogens is 1. The number of pyridine rings is 1. The van der Waals surface area contributed by atoms with Crippen LogP contribution < -0.4 is 5.73 Å². The van der Waals surface area contributed by atoms with Crippen LogP contribution >= 0.6 is 0 Å². The first-order valence-electron chi connectivity index (χ1n) is 5.21. The van der Waals surface area contributed by atoms with Crippen LogP contribution in [0.15, 0.2) is 18.2 Å². The number of rotatable bonds is 2. The van der Waals surface area contributed by atoms with Crippen LogP contribution in [0.2, 0.25) is 0 Å². The van der Waals surface area contributed by atoms with E-state index in [0.29, 0.717) is 30.8 Å². The standard InChI is InChI=1S/C11H13N3O2/c12-9-4-1-3-8(13-9)7-14-10(15)5-2-6-11(14)16/h1,3-4H,2,5-7H2,(H2,12,13). The molecule has 0 bridgehead atoms. The highest BCUT2D eigenvalue weighted by molar-refractivity contribution is 5.97. The molecule has 0 aromatic carbocycles. The molecule has 1 aromatic rings. The van der Waals surface area contributed by atoms with Gasteiger partial charge in [-0.15, -0.1) is 0 Å². The maximum atomic E-state index is 11.5. The zero-order chi connectivity index (χ0) is 11.5. The van der Waals surface area contributed by atoms with Crippen molar-refractivity contribution < 1.29 is 9.59 Å². The summed E-state index contributed by atoms with van der Waals surface area (Å²) in [4.78, 5) is 28.4. The van der Waals surface area contributed by atoms with Gasteiger partial charge in [0.05, 0.1) is 12.2 Å². The van der Waals surface area contributed by atoms with Gasteiger partial charge in [-0.3, -0.25) is 14.5 Å². The molecule has 1 fully saturated rings. The Balaban J connectivity index is 2.13. The predicted octanol–water partition coefficient (Wildman–Crippen LogP) is 0.703. The lowest BCUT2D eigenvalue weighted by Gasteiger charge is -2.24. The number of nitrogen functional groups attached to an aromatic ring is 1. The van der Waals surface area contributed by atoms with Gasteiger partial charge in [0, 0.05) is 12.8 Å². The van der Waals surface area contributed by atoms with Gasteiger partial charge in [-0.2, -0.15) is 0 Å². The minimum absolute atomic E-state index is 0.125. The van der Waals surface area contributed by atoms with Gasteiger partial charge in [0.15, 0.2) is 0 Å². The van der Waals surface area contributed by atoms with E-state index in [2.05, 4.69) is 4.98 Å². The van der Waals surface area contributed by atoms with Crippen LogP contribution in [0.25, 0.3) is 0 Å². The quantitative estimate of drug-likeness (QED) is 0.743. The minimum Gasteiger partial charge on any atom is -0.384 e. The van der Waals surface area contributed by atoms with Crippen molar-refractivity contribution in [3.05, 3.63) is 23.9 Å². The fraction of sp³-hybridized carbons (Fsp3) is 0.364. The van der Waals surface area contributed by atoms with Gasteiger partial charge >= 0.3 is 0 Å². The number of anilines is 1. The lowest BCUT2D eigenvalue weighted by atomic mass is 10.1. The summed E-state index contributed by atoms with van der Waals surface area (Å²) in [5.41, 5.74) is 6.18. The van der Waals surface area contributed by atoms with E-state index >= 15 is 0 Å². The van der Waals surface area contributed by atoms with Crippen LogP contribution in [0.5, 0.6) is 0 Å². The van der Waals surface area contributed by atoms with Crippen molar-refractivity contribution in [2.24, 2.45) is 0 Å². The second-order valence-electron chi connectivity index (χ2n) is 3.78. The maximum absolute atomic E-state index is 11.5. The molecule has 0 aliphatic carbocycles. The number of nitrogens with zero attached hydrogens (tertiary/aromatic N) is 2. The molecule has 84 valence electrons. The molecular weight excluding hydrogens is 206 g/mol. The fourth-order valence-corrected chi connectivity index (χ4v) is 1.72. The van der Waals surface area contributed by atoms with Crippen LogP contribution in [0.4, 0.5) is 5.82 Å². The molecule has 5 nitrogen and oxygen atoms in total. The number of hydrogen-bond acceptors (Lipinski definition) is 4. The monoisotopic (exact) mass is 219 g/mol. The molecule has 2 N–H and O–H groups in total. The Hall–Kier alpha value is -1.91. The van der Waals surface area contributed by atoms with Gasteiger partial charge in [0.25, 0.3) is 0 Å². The van der Waals surface area contributed by atoms with Crippen LogP contribution in [0, 0.1) is 0 Å². The number of likely N-dealkylation sites (tertiary alicyclic amines) is 1. The van der Waals surface area contributed by atoms with Crippen LogP contribution in [-0.2, 0) is 16.1 Å². The largest absolute Gasteiger partial charge is 0.384 e. The normalized spacial score (nSPS) is 16.6. The van der Waals surface area contributed by atoms with Crippen molar-refractivity contribution in [2.45, 2.75) is 25.8 Å². The van der Waals surface area contributed by atoms with Crippen LogP contribution in [0.1, 0.15) is 25.0 Å². The Bertz CT molecular complexity index is 415. The predicted molar refractivity (Wildman–Crippen MR) is 58.1 cm³/mol. The zero-order valence-electron chi connectivity index (χ0n) is 8.85. The average Bonchev–Trinajstić information content (AvgIpc) is 2.24. The molecule has 1 aromatic heterocycles. The summed E-state index contributed by atoms with van der Waals surface area (Å²) < 4.78 is 0. The minimum atomic E-state index is -0.125. The summed E-state index contributed by atoms with van der Waals surface area (Å²) in [5.74, 6) is 0.148. The second-order valence-corrected chi connectivity index (χ2v) is 3.78. The molecule has 0 radical (unpaired) electrons. The molecule has 0 spiro atoms. The summed E-state index contributed by atoms with van der Waals surface area (Å²) in [5, 5.41) is 0. The van der Waals surface area contributed by atoms with E-state index in [-0.39, 0.29) is 18.4 Å². The third kappa shape index (κ3) is 2.18. The zero-order valence-corrected chi connectivity index (χ0v) is 8.85. The number of imide groups is 1. The Morgan fingerprint density at radius 3 is 2.56 bits per heavy atom. The number of piperidine rings is 1. The molecule has 2 heterocycles. The summed E-state index contributed by atoms with van der Waals surface area (Å²) in [6.45, 7) is 0.225. The van der Waals surface area contributed by atoms with E-state index in [0.717, 1.165) is 0 Å². The summed E-state index contributed by atoms with van der Waals surface area (Å²) >= 11 is 0. The molecule has 16 heavy (non-hydrogen) atoms. The smallest absolute Gasteiger partial charge is 0.229 e.